The minimum absolute atomic E-state index is 0.000107. The van der Waals surface area contributed by atoms with Crippen molar-refractivity contribution in [2.75, 3.05) is 0 Å². The van der Waals surface area contributed by atoms with Gasteiger partial charge in [0.25, 0.3) is 0 Å². The molecule has 6 heteroatoms. The normalized spacial score (nSPS) is 19.2. The highest BCUT2D eigenvalue weighted by atomic mass is 19.1. The summed E-state index contributed by atoms with van der Waals surface area (Å²) in [6.45, 7) is 3.03. The molecule has 0 amide bonds. The summed E-state index contributed by atoms with van der Waals surface area (Å²) >= 11 is 0. The third-order valence-electron chi connectivity index (χ3n) is 5.15. The number of imidazole rings is 1. The Morgan fingerprint density at radius 3 is 2.76 bits per heavy atom. The van der Waals surface area contributed by atoms with Gasteiger partial charge in [0.05, 0.1) is 17.5 Å². The van der Waals surface area contributed by atoms with Gasteiger partial charge in [0.2, 0.25) is 5.67 Å². The molecule has 1 aromatic carbocycles. The van der Waals surface area contributed by atoms with Crippen molar-refractivity contribution in [2.45, 2.75) is 31.5 Å². The van der Waals surface area contributed by atoms with Gasteiger partial charge in [0, 0.05) is 29.3 Å². The number of hydrogen-bond acceptors (Lipinski definition) is 3. The first kappa shape index (κ1) is 19.0. The maximum Gasteiger partial charge on any atom is 0.225 e. The van der Waals surface area contributed by atoms with Gasteiger partial charge in [0.15, 0.2) is 11.5 Å². The third-order valence-corrected chi connectivity index (χ3v) is 5.15. The van der Waals surface area contributed by atoms with Crippen molar-refractivity contribution in [1.29, 1.82) is 5.26 Å². The van der Waals surface area contributed by atoms with Gasteiger partial charge in [-0.2, -0.15) is 5.26 Å². The molecular formula is C23H19F2N3O. The Kier molecular flexibility index (Phi) is 4.36. The van der Waals surface area contributed by atoms with Crippen LogP contribution in [0.15, 0.2) is 61.0 Å². The van der Waals surface area contributed by atoms with Crippen LogP contribution < -0.4 is 0 Å². The molecule has 1 aliphatic rings. The lowest BCUT2D eigenvalue weighted by Gasteiger charge is -2.22. The number of rotatable bonds is 3. The van der Waals surface area contributed by atoms with Gasteiger partial charge in [-0.25, -0.2) is 13.8 Å². The summed E-state index contributed by atoms with van der Waals surface area (Å²) < 4.78 is 31.5. The number of aliphatic hydroxyl groups is 1. The standard InChI is InChI=1S/C23H19F2N3O/c1-22(2,29)18-9-11-28-19(13-27-21(28)20(18)24)16-7-5-6-15(12-16)17-8-3-4-10-23(17,25)14-26/h3-9,11-13,29H,10H2,1-2H3. The Bertz CT molecular complexity index is 1210. The SMILES string of the molecule is CC(C)(O)c1ccn2c(-c3cccc(C4=CC=CCC4(F)C#N)c3)cnc2c1F. The maximum absolute atomic E-state index is 15.0. The fourth-order valence-electron chi connectivity index (χ4n) is 3.62. The summed E-state index contributed by atoms with van der Waals surface area (Å²) in [7, 11) is 0. The molecule has 1 N–H and O–H groups in total. The number of nitriles is 1. The van der Waals surface area contributed by atoms with Gasteiger partial charge in [-0.15, -0.1) is 0 Å². The number of alkyl halides is 1. The molecule has 0 aliphatic heterocycles. The number of halogens is 2. The lowest BCUT2D eigenvalue weighted by Crippen LogP contribution is -2.23. The zero-order valence-corrected chi connectivity index (χ0v) is 16.0. The molecule has 1 unspecified atom stereocenters. The zero-order valence-electron chi connectivity index (χ0n) is 16.0. The van der Waals surface area contributed by atoms with E-state index >= 15 is 4.39 Å². The molecule has 2 aromatic heterocycles. The zero-order chi connectivity index (χ0) is 20.8. The molecule has 0 saturated carbocycles. The molecule has 146 valence electrons. The first-order valence-electron chi connectivity index (χ1n) is 9.21. The van der Waals surface area contributed by atoms with Crippen molar-refractivity contribution < 1.29 is 13.9 Å². The molecule has 4 nitrogen and oxygen atoms in total. The maximum atomic E-state index is 15.0. The number of nitrogens with zero attached hydrogens (tertiary/aromatic N) is 3. The largest absolute Gasteiger partial charge is 0.386 e. The van der Waals surface area contributed by atoms with Crippen molar-refractivity contribution in [3.05, 3.63) is 77.9 Å². The summed E-state index contributed by atoms with van der Waals surface area (Å²) in [6.07, 6.45) is 8.16. The summed E-state index contributed by atoms with van der Waals surface area (Å²) in [4.78, 5) is 4.18. The fraction of sp³-hybridized carbons (Fsp3) is 0.217. The minimum Gasteiger partial charge on any atom is -0.386 e. The smallest absolute Gasteiger partial charge is 0.225 e. The van der Waals surface area contributed by atoms with Crippen LogP contribution in [0.4, 0.5) is 8.78 Å². The monoisotopic (exact) mass is 391 g/mol. The number of allylic oxidation sites excluding steroid dienone is 4. The molecule has 0 radical (unpaired) electrons. The van der Waals surface area contributed by atoms with Gasteiger partial charge in [-0.05, 0) is 31.5 Å². The number of fused-ring (bicyclic) bond motifs is 1. The van der Waals surface area contributed by atoms with E-state index in [1.54, 1.807) is 53.1 Å². The van der Waals surface area contributed by atoms with Crippen molar-refractivity contribution in [2.24, 2.45) is 0 Å². The van der Waals surface area contributed by atoms with Crippen molar-refractivity contribution in [3.8, 4) is 17.3 Å². The number of aromatic nitrogens is 2. The second-order valence-electron chi connectivity index (χ2n) is 7.65. The molecule has 0 fully saturated rings. The van der Waals surface area contributed by atoms with Crippen LogP contribution in [0.2, 0.25) is 0 Å². The minimum atomic E-state index is -2.08. The molecule has 0 saturated heterocycles. The summed E-state index contributed by atoms with van der Waals surface area (Å²) in [6, 6.07) is 10.4. The Hall–Kier alpha value is -3.30. The average Bonchev–Trinajstić information content (AvgIpc) is 3.13. The van der Waals surface area contributed by atoms with Gasteiger partial charge < -0.3 is 5.11 Å². The summed E-state index contributed by atoms with van der Waals surface area (Å²) in [5.74, 6) is -0.588. The van der Waals surface area contributed by atoms with E-state index in [1.165, 1.54) is 26.1 Å². The lowest BCUT2D eigenvalue weighted by molar-refractivity contribution is 0.0746. The van der Waals surface area contributed by atoms with Crippen LogP contribution in [-0.4, -0.2) is 20.2 Å². The van der Waals surface area contributed by atoms with Crippen LogP contribution in [0, 0.1) is 17.1 Å². The van der Waals surface area contributed by atoms with Crippen LogP contribution in [0.5, 0.6) is 0 Å². The topological polar surface area (TPSA) is 61.3 Å². The van der Waals surface area contributed by atoms with Gasteiger partial charge in [-0.1, -0.05) is 36.4 Å². The highest BCUT2D eigenvalue weighted by Gasteiger charge is 2.35. The van der Waals surface area contributed by atoms with E-state index in [4.69, 9.17) is 0 Å². The Morgan fingerprint density at radius 2 is 2.03 bits per heavy atom. The van der Waals surface area contributed by atoms with Gasteiger partial charge in [0.1, 0.15) is 6.07 Å². The summed E-state index contributed by atoms with van der Waals surface area (Å²) in [5.41, 5.74) is -0.945. The van der Waals surface area contributed by atoms with Crippen molar-refractivity contribution in [3.63, 3.8) is 0 Å². The van der Waals surface area contributed by atoms with E-state index in [0.717, 1.165) is 0 Å². The number of pyridine rings is 1. The van der Waals surface area contributed by atoms with Crippen molar-refractivity contribution >= 4 is 11.2 Å². The first-order chi connectivity index (χ1) is 13.7. The highest BCUT2D eigenvalue weighted by molar-refractivity contribution is 5.80. The van der Waals surface area contributed by atoms with Gasteiger partial charge in [-0.3, -0.25) is 4.40 Å². The predicted octanol–water partition coefficient (Wildman–Crippen LogP) is 4.94. The van der Waals surface area contributed by atoms with Crippen LogP contribution in [-0.2, 0) is 5.60 Å². The number of benzene rings is 1. The predicted molar refractivity (Wildman–Crippen MR) is 107 cm³/mol. The second kappa shape index (κ2) is 6.64. The van der Waals surface area contributed by atoms with Crippen LogP contribution in [0.3, 0.4) is 0 Å². The molecule has 29 heavy (non-hydrogen) atoms. The first-order valence-corrected chi connectivity index (χ1v) is 9.21. The molecule has 3 aromatic rings. The van der Waals surface area contributed by atoms with Crippen molar-refractivity contribution in [1.82, 2.24) is 9.38 Å². The fourth-order valence-corrected chi connectivity index (χ4v) is 3.62. The molecule has 0 spiro atoms. The Labute approximate surface area is 167 Å². The van der Waals surface area contributed by atoms with Gasteiger partial charge >= 0.3 is 0 Å². The van der Waals surface area contributed by atoms with Crippen LogP contribution in [0.25, 0.3) is 22.5 Å². The van der Waals surface area contributed by atoms with E-state index in [1.807, 2.05) is 6.07 Å². The third kappa shape index (κ3) is 3.14. The molecule has 2 heterocycles. The average molecular weight is 391 g/mol. The molecule has 1 aliphatic carbocycles. The molecule has 1 atom stereocenters. The number of hydrogen-bond donors (Lipinski definition) is 1. The quantitative estimate of drug-likeness (QED) is 0.688. The van der Waals surface area contributed by atoms with E-state index in [2.05, 4.69) is 4.98 Å². The van der Waals surface area contributed by atoms with Crippen LogP contribution >= 0.6 is 0 Å². The van der Waals surface area contributed by atoms with Crippen LogP contribution in [0.1, 0.15) is 31.4 Å². The van der Waals surface area contributed by atoms with E-state index in [0.29, 0.717) is 22.4 Å². The van der Waals surface area contributed by atoms with E-state index in [-0.39, 0.29) is 17.6 Å². The lowest BCUT2D eigenvalue weighted by atomic mass is 9.84. The highest BCUT2D eigenvalue weighted by Crippen LogP contribution is 2.38. The van der Waals surface area contributed by atoms with E-state index < -0.39 is 17.1 Å². The molecular weight excluding hydrogens is 372 g/mol. The van der Waals surface area contributed by atoms with E-state index in [9.17, 15) is 14.8 Å². The molecule has 4 rings (SSSR count). The second-order valence-corrected chi connectivity index (χ2v) is 7.65. The Balaban J connectivity index is 1.83. The Morgan fingerprint density at radius 1 is 1.28 bits per heavy atom. The molecule has 0 bridgehead atoms. The summed E-state index contributed by atoms with van der Waals surface area (Å²) in [5, 5.41) is 19.5.